The van der Waals surface area contributed by atoms with Gasteiger partial charge in [0, 0.05) is 31.0 Å². The lowest BCUT2D eigenvalue weighted by molar-refractivity contribution is -0.141. The molecular weight excluding hydrogens is 560 g/mol. The third-order valence-electron chi connectivity index (χ3n) is 8.03. The number of ether oxygens (including phenoxy) is 2. The summed E-state index contributed by atoms with van der Waals surface area (Å²) in [6.45, 7) is 6.19. The van der Waals surface area contributed by atoms with Gasteiger partial charge in [-0.05, 0) is 70.4 Å². The molecule has 2 fully saturated rings. The van der Waals surface area contributed by atoms with Gasteiger partial charge in [-0.25, -0.2) is 18.4 Å². The van der Waals surface area contributed by atoms with Crippen LogP contribution in [0, 0.1) is 23.5 Å². The molecule has 1 saturated heterocycles. The van der Waals surface area contributed by atoms with E-state index in [4.69, 9.17) is 4.74 Å². The summed E-state index contributed by atoms with van der Waals surface area (Å²) in [5, 5.41) is 5.27. The number of hydrogen-bond donors (Lipinski definition) is 2. The third kappa shape index (κ3) is 7.88. The maximum absolute atomic E-state index is 14.9. The molecule has 1 aliphatic carbocycles. The van der Waals surface area contributed by atoms with Gasteiger partial charge >= 0.3 is 12.1 Å². The Hall–Kier alpha value is -4.02. The van der Waals surface area contributed by atoms with Gasteiger partial charge in [0.25, 0.3) is 0 Å². The molecule has 0 unspecified atom stereocenters. The number of likely N-dealkylation sites (tertiary alicyclic amines) is 1. The summed E-state index contributed by atoms with van der Waals surface area (Å²) < 4.78 is 39.2. The van der Waals surface area contributed by atoms with E-state index < -0.39 is 52.5 Å². The Morgan fingerprint density at radius 1 is 0.953 bits per heavy atom. The molecule has 2 N–H and O–H groups in total. The van der Waals surface area contributed by atoms with Gasteiger partial charge in [0.15, 0.2) is 0 Å². The van der Waals surface area contributed by atoms with Crippen LogP contribution in [0.1, 0.15) is 74.7 Å². The number of anilines is 1. The molecule has 0 spiro atoms. The minimum Gasteiger partial charge on any atom is -0.465 e. The van der Waals surface area contributed by atoms with Crippen LogP contribution in [-0.4, -0.2) is 60.6 Å². The molecule has 0 radical (unpaired) electrons. The molecule has 2 aromatic carbocycles. The Bertz CT molecular complexity index is 1340. The van der Waals surface area contributed by atoms with Crippen LogP contribution in [0.5, 0.6) is 0 Å². The normalized spacial score (nSPS) is 22.0. The number of amides is 3. The van der Waals surface area contributed by atoms with Crippen molar-refractivity contribution in [1.82, 2.24) is 10.2 Å². The van der Waals surface area contributed by atoms with Gasteiger partial charge < -0.3 is 25.0 Å². The minimum absolute atomic E-state index is 0.148. The largest absolute Gasteiger partial charge is 0.465 e. The maximum atomic E-state index is 14.9. The van der Waals surface area contributed by atoms with Crippen molar-refractivity contribution >= 4 is 29.6 Å². The lowest BCUT2D eigenvalue weighted by Crippen LogP contribution is -2.48. The molecule has 0 bridgehead atoms. The van der Waals surface area contributed by atoms with Crippen molar-refractivity contribution < 1.29 is 37.4 Å². The second kappa shape index (κ2) is 13.5. The van der Waals surface area contributed by atoms with E-state index >= 15 is 0 Å². The molecule has 232 valence electrons. The van der Waals surface area contributed by atoms with Gasteiger partial charge in [0.05, 0.1) is 18.4 Å². The molecule has 9 nitrogen and oxygen atoms in total. The Morgan fingerprint density at radius 2 is 1.63 bits per heavy atom. The van der Waals surface area contributed by atoms with Crippen molar-refractivity contribution in [1.29, 1.82) is 0 Å². The van der Waals surface area contributed by atoms with Crippen molar-refractivity contribution in [2.24, 2.45) is 11.8 Å². The van der Waals surface area contributed by atoms with Crippen LogP contribution in [0.15, 0.2) is 42.5 Å². The molecular formula is C32H39F2N3O6. The van der Waals surface area contributed by atoms with Crippen LogP contribution in [0.25, 0.3) is 0 Å². The van der Waals surface area contributed by atoms with E-state index in [1.54, 1.807) is 25.7 Å². The molecule has 0 aromatic heterocycles. The van der Waals surface area contributed by atoms with E-state index in [1.807, 2.05) is 30.3 Å². The highest BCUT2D eigenvalue weighted by molar-refractivity contribution is 5.99. The molecule has 2 aliphatic rings. The Labute approximate surface area is 250 Å². The van der Waals surface area contributed by atoms with Crippen molar-refractivity contribution in [2.75, 3.05) is 25.5 Å². The molecule has 1 heterocycles. The van der Waals surface area contributed by atoms with Crippen LogP contribution < -0.4 is 10.6 Å². The van der Waals surface area contributed by atoms with E-state index in [1.165, 1.54) is 0 Å². The molecule has 4 rings (SSSR count). The standard InChI is InChI=1S/C32H39F2N3O6/c1-32(2,3)43-31(41)35-18-19-10-12-21(13-11-19)29(39)37-15-14-22(20-8-6-5-7-9-20)27(37)28(38)36-26-17-24(33)23(16-25(26)34)30(40)42-4/h5-9,16-17,19,21-22,27H,10-15,18H2,1-4H3,(H,35,41)(H,36,38)/t19-,21-,22-,27+/m1/s1. The quantitative estimate of drug-likeness (QED) is 0.412. The topological polar surface area (TPSA) is 114 Å². The summed E-state index contributed by atoms with van der Waals surface area (Å²) in [5.74, 6) is -4.30. The van der Waals surface area contributed by atoms with Crippen LogP contribution in [0.3, 0.4) is 0 Å². The average molecular weight is 600 g/mol. The summed E-state index contributed by atoms with van der Waals surface area (Å²) in [6, 6.07) is 9.80. The second-order valence-electron chi connectivity index (χ2n) is 12.2. The fraction of sp³-hybridized carbons (Fsp3) is 0.500. The zero-order chi connectivity index (χ0) is 31.3. The third-order valence-corrected chi connectivity index (χ3v) is 8.03. The minimum atomic E-state index is -1.04. The monoisotopic (exact) mass is 599 g/mol. The number of rotatable bonds is 7. The van der Waals surface area contributed by atoms with Gasteiger partial charge in [-0.15, -0.1) is 0 Å². The molecule has 1 aliphatic heterocycles. The first-order valence-corrected chi connectivity index (χ1v) is 14.6. The number of alkyl carbamates (subject to hydrolysis) is 1. The SMILES string of the molecule is COC(=O)c1cc(F)c(NC(=O)[C@@H]2[C@@H](c3ccccc3)CCN2C(=O)[C@H]2CC[C@H](CNC(=O)OC(C)(C)C)CC2)cc1F. The van der Waals surface area contributed by atoms with Crippen molar-refractivity contribution in [3.63, 3.8) is 0 Å². The number of hydrogen-bond acceptors (Lipinski definition) is 6. The number of esters is 1. The Morgan fingerprint density at radius 3 is 2.26 bits per heavy atom. The highest BCUT2D eigenvalue weighted by Crippen LogP contribution is 2.38. The predicted molar refractivity (Wildman–Crippen MR) is 155 cm³/mol. The van der Waals surface area contributed by atoms with E-state index in [0.29, 0.717) is 38.4 Å². The summed E-state index contributed by atoms with van der Waals surface area (Å²) in [6.07, 6.45) is 2.73. The van der Waals surface area contributed by atoms with Crippen LogP contribution in [0.2, 0.25) is 0 Å². The Kier molecular flexibility index (Phi) is 10.0. The zero-order valence-corrected chi connectivity index (χ0v) is 25.0. The number of carbonyl (C=O) groups is 4. The van der Waals surface area contributed by atoms with Crippen LogP contribution in [-0.2, 0) is 19.1 Å². The van der Waals surface area contributed by atoms with Crippen LogP contribution >= 0.6 is 0 Å². The summed E-state index contributed by atoms with van der Waals surface area (Å²) in [5.41, 5.74) is -0.743. The van der Waals surface area contributed by atoms with E-state index in [9.17, 15) is 28.0 Å². The lowest BCUT2D eigenvalue weighted by Gasteiger charge is -2.34. The number of carbonyl (C=O) groups excluding carboxylic acids is 4. The number of nitrogens with zero attached hydrogens (tertiary/aromatic N) is 1. The van der Waals surface area contributed by atoms with Crippen LogP contribution in [0.4, 0.5) is 19.3 Å². The number of benzene rings is 2. The van der Waals surface area contributed by atoms with Crippen molar-refractivity contribution in [2.45, 2.75) is 70.4 Å². The van der Waals surface area contributed by atoms with Gasteiger partial charge in [0.1, 0.15) is 23.3 Å². The maximum Gasteiger partial charge on any atom is 0.407 e. The summed E-state index contributed by atoms with van der Waals surface area (Å²) >= 11 is 0. The first kappa shape index (κ1) is 31.9. The number of nitrogens with one attached hydrogen (secondary N) is 2. The molecule has 43 heavy (non-hydrogen) atoms. The first-order valence-electron chi connectivity index (χ1n) is 14.6. The highest BCUT2D eigenvalue weighted by atomic mass is 19.1. The van der Waals surface area contributed by atoms with Gasteiger partial charge in [-0.1, -0.05) is 30.3 Å². The Balaban J connectivity index is 1.46. The summed E-state index contributed by atoms with van der Waals surface area (Å²) in [7, 11) is 1.05. The second-order valence-corrected chi connectivity index (χ2v) is 12.2. The van der Waals surface area contributed by atoms with E-state index in [2.05, 4.69) is 15.4 Å². The smallest absolute Gasteiger partial charge is 0.407 e. The van der Waals surface area contributed by atoms with E-state index in [0.717, 1.165) is 31.6 Å². The molecule has 11 heteroatoms. The number of methoxy groups -OCH3 is 1. The zero-order valence-electron chi connectivity index (χ0n) is 25.0. The fourth-order valence-electron chi connectivity index (χ4n) is 5.92. The van der Waals surface area contributed by atoms with Gasteiger partial charge in [0.2, 0.25) is 11.8 Å². The predicted octanol–water partition coefficient (Wildman–Crippen LogP) is 5.41. The molecule has 2 atom stereocenters. The lowest BCUT2D eigenvalue weighted by atomic mass is 9.81. The first-order chi connectivity index (χ1) is 20.4. The molecule has 1 saturated carbocycles. The molecule has 3 amide bonds. The van der Waals surface area contributed by atoms with Gasteiger partial charge in [-0.2, -0.15) is 0 Å². The van der Waals surface area contributed by atoms with E-state index in [-0.39, 0.29) is 23.7 Å². The summed E-state index contributed by atoms with van der Waals surface area (Å²) in [4.78, 5) is 52.9. The highest BCUT2D eigenvalue weighted by Gasteiger charge is 2.44. The van der Waals surface area contributed by atoms with Gasteiger partial charge in [-0.3, -0.25) is 9.59 Å². The van der Waals surface area contributed by atoms with Crippen molar-refractivity contribution in [3.05, 3.63) is 65.2 Å². The average Bonchev–Trinajstić information content (AvgIpc) is 3.42. The fourth-order valence-corrected chi connectivity index (χ4v) is 5.92. The number of halogens is 2. The molecule has 2 aromatic rings. The van der Waals surface area contributed by atoms with Crippen molar-refractivity contribution in [3.8, 4) is 0 Å².